The summed E-state index contributed by atoms with van der Waals surface area (Å²) in [7, 11) is 0. The largest absolute Gasteiger partial charge is 0.465 e. The Kier molecular flexibility index (Phi) is 12.0. The van der Waals surface area contributed by atoms with E-state index in [0.717, 1.165) is 19.4 Å². The Bertz CT molecular complexity index is 221. The Labute approximate surface area is 117 Å². The van der Waals surface area contributed by atoms with E-state index < -0.39 is 6.04 Å². The molecule has 114 valence electrons. The highest BCUT2D eigenvalue weighted by Gasteiger charge is 2.20. The van der Waals surface area contributed by atoms with Gasteiger partial charge < -0.3 is 19.5 Å². The summed E-state index contributed by atoms with van der Waals surface area (Å²) in [5.41, 5.74) is 0. The fourth-order valence-corrected chi connectivity index (χ4v) is 1.50. The molecule has 1 N–H and O–H groups in total. The molecule has 0 amide bonds. The lowest BCUT2D eigenvalue weighted by atomic mass is 10.2. The van der Waals surface area contributed by atoms with Crippen molar-refractivity contribution in [2.45, 2.75) is 52.6 Å². The van der Waals surface area contributed by atoms with Crippen molar-refractivity contribution in [1.82, 2.24) is 5.32 Å². The van der Waals surface area contributed by atoms with Gasteiger partial charge in [-0.3, -0.25) is 4.79 Å². The topological polar surface area (TPSA) is 56.8 Å². The smallest absolute Gasteiger partial charge is 0.325 e. The zero-order valence-corrected chi connectivity index (χ0v) is 12.7. The summed E-state index contributed by atoms with van der Waals surface area (Å²) < 4.78 is 15.8. The average molecular weight is 275 g/mol. The molecule has 0 saturated carbocycles. The van der Waals surface area contributed by atoms with Gasteiger partial charge >= 0.3 is 5.97 Å². The Morgan fingerprint density at radius 2 is 1.79 bits per heavy atom. The Morgan fingerprint density at radius 3 is 2.37 bits per heavy atom. The van der Waals surface area contributed by atoms with E-state index in [-0.39, 0.29) is 12.0 Å². The molecule has 0 radical (unpaired) electrons. The first-order chi connectivity index (χ1) is 9.11. The van der Waals surface area contributed by atoms with Crippen LogP contribution in [0, 0.1) is 0 Å². The molecule has 0 aromatic rings. The standard InChI is InChI=1S/C14H29NO4/c1-5-7-8-17-9-10-18-11-13(15-12(3)4)14(16)19-6-2/h12-13,15H,5-11H2,1-4H3. The van der Waals surface area contributed by atoms with Gasteiger partial charge in [-0.05, 0) is 13.3 Å². The molecule has 5 nitrogen and oxygen atoms in total. The maximum absolute atomic E-state index is 11.7. The number of carbonyl (C=O) groups is 1. The molecule has 19 heavy (non-hydrogen) atoms. The highest BCUT2D eigenvalue weighted by molar-refractivity contribution is 5.75. The maximum Gasteiger partial charge on any atom is 0.325 e. The van der Waals surface area contributed by atoms with Gasteiger partial charge in [0.2, 0.25) is 0 Å². The van der Waals surface area contributed by atoms with Gasteiger partial charge in [-0.1, -0.05) is 27.2 Å². The van der Waals surface area contributed by atoms with Crippen molar-refractivity contribution in [3.8, 4) is 0 Å². The molecular weight excluding hydrogens is 246 g/mol. The molecule has 0 saturated heterocycles. The third-order valence-electron chi connectivity index (χ3n) is 2.40. The summed E-state index contributed by atoms with van der Waals surface area (Å²) in [4.78, 5) is 11.7. The van der Waals surface area contributed by atoms with Crippen molar-refractivity contribution in [2.75, 3.05) is 33.0 Å². The molecule has 0 spiro atoms. The van der Waals surface area contributed by atoms with Crippen LogP contribution in [-0.4, -0.2) is 51.1 Å². The number of nitrogens with one attached hydrogen (secondary N) is 1. The van der Waals surface area contributed by atoms with E-state index in [1.807, 2.05) is 13.8 Å². The number of hydrogen-bond acceptors (Lipinski definition) is 5. The monoisotopic (exact) mass is 275 g/mol. The Morgan fingerprint density at radius 1 is 1.11 bits per heavy atom. The van der Waals surface area contributed by atoms with Gasteiger partial charge in [0.05, 0.1) is 26.4 Å². The second-order valence-corrected chi connectivity index (χ2v) is 4.67. The van der Waals surface area contributed by atoms with E-state index >= 15 is 0 Å². The number of ether oxygens (including phenoxy) is 3. The zero-order valence-electron chi connectivity index (χ0n) is 12.7. The summed E-state index contributed by atoms with van der Waals surface area (Å²) in [5, 5.41) is 3.14. The molecule has 0 aliphatic rings. The molecule has 1 atom stereocenters. The summed E-state index contributed by atoms with van der Waals surface area (Å²) >= 11 is 0. The highest BCUT2D eigenvalue weighted by Crippen LogP contribution is 1.95. The summed E-state index contributed by atoms with van der Waals surface area (Å²) in [5.74, 6) is -0.261. The fraction of sp³-hybridized carbons (Fsp3) is 0.929. The predicted octanol–water partition coefficient (Wildman–Crippen LogP) is 1.75. The average Bonchev–Trinajstić information content (AvgIpc) is 2.36. The van der Waals surface area contributed by atoms with Crippen molar-refractivity contribution in [2.24, 2.45) is 0 Å². The van der Waals surface area contributed by atoms with Gasteiger partial charge in [0.25, 0.3) is 0 Å². The molecule has 0 heterocycles. The van der Waals surface area contributed by atoms with E-state index in [0.29, 0.717) is 26.4 Å². The normalized spacial score (nSPS) is 12.7. The third kappa shape index (κ3) is 10.9. The van der Waals surface area contributed by atoms with Crippen LogP contribution in [0.15, 0.2) is 0 Å². The van der Waals surface area contributed by atoms with Gasteiger partial charge in [-0.2, -0.15) is 0 Å². The predicted molar refractivity (Wildman–Crippen MR) is 75.2 cm³/mol. The van der Waals surface area contributed by atoms with Gasteiger partial charge in [0, 0.05) is 12.6 Å². The van der Waals surface area contributed by atoms with Crippen LogP contribution in [0.4, 0.5) is 0 Å². The van der Waals surface area contributed by atoms with Crippen LogP contribution in [0.1, 0.15) is 40.5 Å². The van der Waals surface area contributed by atoms with Gasteiger partial charge in [0.15, 0.2) is 0 Å². The molecule has 0 fully saturated rings. The molecule has 1 unspecified atom stereocenters. The lowest BCUT2D eigenvalue weighted by Crippen LogP contribution is -2.45. The maximum atomic E-state index is 11.7. The molecule has 0 aromatic heterocycles. The summed E-state index contributed by atoms with van der Waals surface area (Å²) in [6.45, 7) is 10.4. The number of carbonyl (C=O) groups excluding carboxylic acids is 1. The second-order valence-electron chi connectivity index (χ2n) is 4.67. The highest BCUT2D eigenvalue weighted by atomic mass is 16.5. The van der Waals surface area contributed by atoms with Gasteiger partial charge in [0.1, 0.15) is 6.04 Å². The van der Waals surface area contributed by atoms with E-state index in [4.69, 9.17) is 14.2 Å². The number of hydrogen-bond donors (Lipinski definition) is 1. The number of unbranched alkanes of at least 4 members (excludes halogenated alkanes) is 1. The summed E-state index contributed by atoms with van der Waals surface area (Å²) in [6, 6.07) is -0.200. The minimum absolute atomic E-state index is 0.207. The zero-order chi connectivity index (χ0) is 14.5. The molecule has 0 rings (SSSR count). The Hall–Kier alpha value is -0.650. The van der Waals surface area contributed by atoms with E-state index in [1.54, 1.807) is 6.92 Å². The van der Waals surface area contributed by atoms with E-state index in [1.165, 1.54) is 0 Å². The van der Waals surface area contributed by atoms with Crippen LogP contribution in [0.25, 0.3) is 0 Å². The van der Waals surface area contributed by atoms with Crippen LogP contribution in [-0.2, 0) is 19.0 Å². The van der Waals surface area contributed by atoms with Crippen molar-refractivity contribution in [3.05, 3.63) is 0 Å². The molecule has 0 aliphatic heterocycles. The van der Waals surface area contributed by atoms with Crippen molar-refractivity contribution in [3.63, 3.8) is 0 Å². The van der Waals surface area contributed by atoms with Crippen LogP contribution in [0.5, 0.6) is 0 Å². The lowest BCUT2D eigenvalue weighted by molar-refractivity contribution is -0.147. The minimum Gasteiger partial charge on any atom is -0.465 e. The molecule has 5 heteroatoms. The third-order valence-corrected chi connectivity index (χ3v) is 2.40. The van der Waals surface area contributed by atoms with Gasteiger partial charge in [-0.25, -0.2) is 0 Å². The molecule has 0 bridgehead atoms. The Balaban J connectivity index is 3.76. The first kappa shape index (κ1) is 18.4. The number of esters is 1. The molecular formula is C14H29NO4. The minimum atomic E-state index is -0.407. The SMILES string of the molecule is CCCCOCCOCC(NC(C)C)C(=O)OCC. The second kappa shape index (κ2) is 12.4. The van der Waals surface area contributed by atoms with Crippen molar-refractivity contribution >= 4 is 5.97 Å². The van der Waals surface area contributed by atoms with E-state index in [2.05, 4.69) is 12.2 Å². The summed E-state index contributed by atoms with van der Waals surface area (Å²) in [6.07, 6.45) is 2.20. The van der Waals surface area contributed by atoms with Crippen LogP contribution < -0.4 is 5.32 Å². The molecule has 0 aromatic carbocycles. The number of rotatable bonds is 12. The first-order valence-corrected chi connectivity index (χ1v) is 7.19. The fourth-order valence-electron chi connectivity index (χ4n) is 1.50. The quantitative estimate of drug-likeness (QED) is 0.434. The van der Waals surface area contributed by atoms with Crippen molar-refractivity contribution < 1.29 is 19.0 Å². The first-order valence-electron chi connectivity index (χ1n) is 7.19. The lowest BCUT2D eigenvalue weighted by Gasteiger charge is -2.19. The van der Waals surface area contributed by atoms with Crippen molar-refractivity contribution in [1.29, 1.82) is 0 Å². The van der Waals surface area contributed by atoms with Crippen LogP contribution in [0.2, 0.25) is 0 Å². The van der Waals surface area contributed by atoms with Crippen LogP contribution in [0.3, 0.4) is 0 Å². The molecule has 0 aliphatic carbocycles. The van der Waals surface area contributed by atoms with E-state index in [9.17, 15) is 4.79 Å². The van der Waals surface area contributed by atoms with Gasteiger partial charge in [-0.15, -0.1) is 0 Å². The van der Waals surface area contributed by atoms with Crippen LogP contribution >= 0.6 is 0 Å².